The Morgan fingerprint density at radius 1 is 0.875 bits per heavy atom. The molecule has 0 radical (unpaired) electrons. The largest absolute Gasteiger partial charge is 0.305 e. The third-order valence-electron chi connectivity index (χ3n) is 4.20. The molecule has 0 heterocycles. The molecule has 0 bridgehead atoms. The Hall–Kier alpha value is -1.74. The van der Waals surface area contributed by atoms with Crippen LogP contribution in [0.25, 0.3) is 0 Å². The molecular weight excluding hydrogens is 304 g/mol. The van der Waals surface area contributed by atoms with Gasteiger partial charge in [0.1, 0.15) is 0 Å². The highest BCUT2D eigenvalue weighted by Crippen LogP contribution is 2.29. The van der Waals surface area contributed by atoms with Gasteiger partial charge < -0.3 is 5.32 Å². The molecule has 2 aromatic carbocycles. The van der Waals surface area contributed by atoms with Crippen molar-refractivity contribution in [3.63, 3.8) is 0 Å². The van der Waals surface area contributed by atoms with Crippen molar-refractivity contribution in [3.8, 4) is 0 Å². The summed E-state index contributed by atoms with van der Waals surface area (Å²) >= 11 is 0. The standard InChI is InChI=1S/C21H27F2N/c1-17(2)15-20(24-16-19-11-7-4-8-12-19)21(22,23)14-13-18-9-5-3-6-10-18/h3-12,17,20,24H,13-16H2,1-2H3/t20-/m0/s1. The van der Waals surface area contributed by atoms with Gasteiger partial charge in [0.2, 0.25) is 0 Å². The molecule has 0 saturated heterocycles. The van der Waals surface area contributed by atoms with Crippen LogP contribution in [0.15, 0.2) is 60.7 Å². The van der Waals surface area contributed by atoms with Crippen LogP contribution < -0.4 is 5.32 Å². The van der Waals surface area contributed by atoms with Gasteiger partial charge in [-0.2, -0.15) is 0 Å². The van der Waals surface area contributed by atoms with Crippen molar-refractivity contribution < 1.29 is 8.78 Å². The first-order chi connectivity index (χ1) is 11.5. The van der Waals surface area contributed by atoms with Crippen LogP contribution in [0.5, 0.6) is 0 Å². The molecule has 0 aliphatic carbocycles. The van der Waals surface area contributed by atoms with Gasteiger partial charge >= 0.3 is 0 Å². The lowest BCUT2D eigenvalue weighted by Gasteiger charge is -2.29. The molecule has 0 aliphatic heterocycles. The molecule has 1 nitrogen and oxygen atoms in total. The Balaban J connectivity index is 1.98. The number of hydrogen-bond acceptors (Lipinski definition) is 1. The molecule has 0 unspecified atom stereocenters. The van der Waals surface area contributed by atoms with Crippen LogP contribution in [0.4, 0.5) is 8.78 Å². The maximum Gasteiger partial charge on any atom is 0.263 e. The van der Waals surface area contributed by atoms with Crippen molar-refractivity contribution in [1.29, 1.82) is 0 Å². The quantitative estimate of drug-likeness (QED) is 0.643. The van der Waals surface area contributed by atoms with E-state index in [-0.39, 0.29) is 12.3 Å². The Kier molecular flexibility index (Phi) is 6.92. The van der Waals surface area contributed by atoms with E-state index in [0.717, 1.165) is 11.1 Å². The van der Waals surface area contributed by atoms with E-state index in [9.17, 15) is 8.78 Å². The van der Waals surface area contributed by atoms with E-state index in [1.807, 2.05) is 74.5 Å². The maximum absolute atomic E-state index is 14.8. The summed E-state index contributed by atoms with van der Waals surface area (Å²) in [6, 6.07) is 18.4. The second-order valence-corrected chi connectivity index (χ2v) is 6.80. The molecule has 3 heteroatoms. The zero-order chi connectivity index (χ0) is 17.4. The summed E-state index contributed by atoms with van der Waals surface area (Å²) < 4.78 is 29.5. The smallest absolute Gasteiger partial charge is 0.263 e. The third kappa shape index (κ3) is 6.04. The first-order valence-electron chi connectivity index (χ1n) is 8.66. The summed E-state index contributed by atoms with van der Waals surface area (Å²) in [5, 5.41) is 3.09. The zero-order valence-corrected chi connectivity index (χ0v) is 14.5. The Labute approximate surface area is 144 Å². The van der Waals surface area contributed by atoms with Crippen molar-refractivity contribution in [2.75, 3.05) is 0 Å². The fourth-order valence-corrected chi connectivity index (χ4v) is 2.84. The van der Waals surface area contributed by atoms with Crippen LogP contribution >= 0.6 is 0 Å². The number of aryl methyl sites for hydroxylation is 1. The van der Waals surface area contributed by atoms with Crippen LogP contribution in [0, 0.1) is 5.92 Å². The number of rotatable bonds is 9. The molecule has 2 rings (SSSR count). The Morgan fingerprint density at radius 3 is 1.96 bits per heavy atom. The number of nitrogens with one attached hydrogen (secondary N) is 1. The minimum Gasteiger partial charge on any atom is -0.305 e. The van der Waals surface area contributed by atoms with Gasteiger partial charge in [-0.1, -0.05) is 74.5 Å². The molecule has 1 atom stereocenters. The van der Waals surface area contributed by atoms with Gasteiger partial charge in [-0.15, -0.1) is 0 Å². The van der Waals surface area contributed by atoms with Gasteiger partial charge in [-0.25, -0.2) is 8.78 Å². The lowest BCUT2D eigenvalue weighted by atomic mass is 9.94. The first kappa shape index (κ1) is 18.6. The maximum atomic E-state index is 14.8. The third-order valence-corrected chi connectivity index (χ3v) is 4.20. The van der Waals surface area contributed by atoms with Crippen LogP contribution in [-0.2, 0) is 13.0 Å². The lowest BCUT2D eigenvalue weighted by molar-refractivity contribution is -0.0508. The second kappa shape index (κ2) is 8.93. The number of halogens is 2. The molecule has 1 N–H and O–H groups in total. The SMILES string of the molecule is CC(C)C[C@H](NCc1ccccc1)C(F)(F)CCc1ccccc1. The number of alkyl halides is 2. The minimum atomic E-state index is -2.73. The molecule has 24 heavy (non-hydrogen) atoms. The van der Waals surface area contributed by atoms with Crippen molar-refractivity contribution in [3.05, 3.63) is 71.8 Å². The summed E-state index contributed by atoms with van der Waals surface area (Å²) in [5.41, 5.74) is 1.99. The van der Waals surface area contributed by atoms with E-state index in [1.165, 1.54) is 0 Å². The lowest BCUT2D eigenvalue weighted by Crippen LogP contribution is -2.45. The van der Waals surface area contributed by atoms with Crippen LogP contribution in [0.2, 0.25) is 0 Å². The monoisotopic (exact) mass is 331 g/mol. The van der Waals surface area contributed by atoms with E-state index >= 15 is 0 Å². The summed E-state index contributed by atoms with van der Waals surface area (Å²) in [7, 11) is 0. The van der Waals surface area contributed by atoms with Gasteiger partial charge in [-0.05, 0) is 29.9 Å². The Morgan fingerprint density at radius 2 is 1.42 bits per heavy atom. The van der Waals surface area contributed by atoms with E-state index in [2.05, 4.69) is 5.32 Å². The fraction of sp³-hybridized carbons (Fsp3) is 0.429. The van der Waals surface area contributed by atoms with E-state index in [0.29, 0.717) is 19.4 Å². The summed E-state index contributed by atoms with van der Waals surface area (Å²) in [5.74, 6) is -2.50. The predicted octanol–water partition coefficient (Wildman–Crippen LogP) is 5.46. The summed E-state index contributed by atoms with van der Waals surface area (Å²) in [6.45, 7) is 4.45. The minimum absolute atomic E-state index is 0.129. The van der Waals surface area contributed by atoms with Gasteiger partial charge in [0.15, 0.2) is 0 Å². The average Bonchev–Trinajstić information content (AvgIpc) is 2.58. The molecule has 0 aliphatic rings. The van der Waals surface area contributed by atoms with Crippen molar-refractivity contribution in [1.82, 2.24) is 5.32 Å². The Bertz CT molecular complexity index is 581. The topological polar surface area (TPSA) is 12.0 Å². The van der Waals surface area contributed by atoms with Crippen molar-refractivity contribution in [2.45, 2.75) is 51.6 Å². The zero-order valence-electron chi connectivity index (χ0n) is 14.5. The highest BCUT2D eigenvalue weighted by atomic mass is 19.3. The normalized spacial score (nSPS) is 13.2. The van der Waals surface area contributed by atoms with Crippen molar-refractivity contribution in [2.24, 2.45) is 5.92 Å². The number of benzene rings is 2. The van der Waals surface area contributed by atoms with Gasteiger partial charge in [0.05, 0.1) is 6.04 Å². The summed E-state index contributed by atoms with van der Waals surface area (Å²) in [6.07, 6.45) is 0.736. The predicted molar refractivity (Wildman–Crippen MR) is 96.2 cm³/mol. The highest BCUT2D eigenvalue weighted by Gasteiger charge is 2.38. The first-order valence-corrected chi connectivity index (χ1v) is 8.66. The van der Waals surface area contributed by atoms with Gasteiger partial charge in [0.25, 0.3) is 5.92 Å². The van der Waals surface area contributed by atoms with Crippen LogP contribution in [-0.4, -0.2) is 12.0 Å². The molecule has 0 spiro atoms. The second-order valence-electron chi connectivity index (χ2n) is 6.80. The summed E-state index contributed by atoms with van der Waals surface area (Å²) in [4.78, 5) is 0. The van der Waals surface area contributed by atoms with Crippen LogP contribution in [0.3, 0.4) is 0 Å². The van der Waals surface area contributed by atoms with Gasteiger partial charge in [0, 0.05) is 13.0 Å². The van der Waals surface area contributed by atoms with E-state index in [1.54, 1.807) is 0 Å². The van der Waals surface area contributed by atoms with Gasteiger partial charge in [-0.3, -0.25) is 0 Å². The number of hydrogen-bond donors (Lipinski definition) is 1. The molecule has 0 amide bonds. The average molecular weight is 331 g/mol. The van der Waals surface area contributed by atoms with Crippen LogP contribution in [0.1, 0.15) is 37.8 Å². The molecular formula is C21H27F2N. The fourth-order valence-electron chi connectivity index (χ4n) is 2.84. The van der Waals surface area contributed by atoms with Crippen molar-refractivity contribution >= 4 is 0 Å². The molecule has 0 aromatic heterocycles. The van der Waals surface area contributed by atoms with E-state index < -0.39 is 12.0 Å². The molecule has 130 valence electrons. The van der Waals surface area contributed by atoms with E-state index in [4.69, 9.17) is 0 Å². The molecule has 2 aromatic rings. The molecule has 0 fully saturated rings. The highest BCUT2D eigenvalue weighted by molar-refractivity contribution is 5.16. The molecule has 0 saturated carbocycles.